The van der Waals surface area contributed by atoms with Gasteiger partial charge in [-0.05, 0) is 33.7 Å². The Kier molecular flexibility index (Phi) is 5.47. The van der Waals surface area contributed by atoms with Gasteiger partial charge in [-0.1, -0.05) is 51.1 Å². The van der Waals surface area contributed by atoms with E-state index in [1.807, 2.05) is 24.3 Å². The Morgan fingerprint density at radius 1 is 0.897 bits per heavy atom. The number of carbonyl (C=O) groups is 3. The van der Waals surface area contributed by atoms with Gasteiger partial charge in [0.05, 0.1) is 11.1 Å². The maximum atomic E-state index is 13.7. The number of aliphatic hydroxyl groups excluding tert-OH is 2. The van der Waals surface area contributed by atoms with E-state index >= 15 is 0 Å². The molecule has 1 fully saturated rings. The maximum absolute atomic E-state index is 13.7. The molecule has 0 amide bonds. The average Bonchev–Trinajstić information content (AvgIpc) is 2.80. The molecule has 2 aromatic carbocycles. The van der Waals surface area contributed by atoms with E-state index in [-0.39, 0.29) is 16.5 Å². The maximum Gasteiger partial charge on any atom is 0.342 e. The molecular formula is C29H28O10. The normalized spacial score (nSPS) is 28.7. The van der Waals surface area contributed by atoms with Crippen molar-refractivity contribution in [2.24, 2.45) is 0 Å². The van der Waals surface area contributed by atoms with Crippen molar-refractivity contribution >= 4 is 23.3 Å². The van der Waals surface area contributed by atoms with Crippen LogP contribution < -0.4 is 0 Å². The summed E-state index contributed by atoms with van der Waals surface area (Å²) in [5.41, 5.74) is -8.38. The van der Waals surface area contributed by atoms with Gasteiger partial charge in [-0.3, -0.25) is 9.59 Å². The molecule has 3 atom stereocenters. The first-order valence-corrected chi connectivity index (χ1v) is 12.3. The number of aromatic hydroxyl groups is 1. The number of aliphatic carboxylic acids is 1. The zero-order chi connectivity index (χ0) is 28.9. The molecule has 0 aromatic heterocycles. The van der Waals surface area contributed by atoms with Crippen LogP contribution in [0.1, 0.15) is 50.3 Å². The van der Waals surface area contributed by atoms with Crippen LogP contribution in [0.15, 0.2) is 53.3 Å². The summed E-state index contributed by atoms with van der Waals surface area (Å²) in [4.78, 5) is 37.8. The molecule has 3 aliphatic rings. The first-order chi connectivity index (χ1) is 18.0. The summed E-state index contributed by atoms with van der Waals surface area (Å²) in [7, 11) is 0. The molecule has 0 saturated heterocycles. The topological polar surface area (TPSA) is 193 Å². The second kappa shape index (κ2) is 8.01. The quantitative estimate of drug-likeness (QED) is 0.280. The minimum atomic E-state index is -3.34. The first kappa shape index (κ1) is 26.6. The van der Waals surface area contributed by atoms with Crippen molar-refractivity contribution in [3.8, 4) is 16.9 Å². The molecule has 2 aromatic rings. The van der Waals surface area contributed by atoms with Crippen LogP contribution in [0.25, 0.3) is 16.9 Å². The fourth-order valence-corrected chi connectivity index (χ4v) is 6.11. The number of benzene rings is 2. The number of carbonyl (C=O) groups excluding carboxylic acids is 2. The van der Waals surface area contributed by atoms with Crippen LogP contribution in [-0.2, 0) is 26.2 Å². The summed E-state index contributed by atoms with van der Waals surface area (Å²) in [6, 6.07) is 10.4. The smallest absolute Gasteiger partial charge is 0.342 e. The minimum absolute atomic E-state index is 0.120. The van der Waals surface area contributed by atoms with Gasteiger partial charge in [0.25, 0.3) is 0 Å². The number of hydrogen-bond acceptors (Lipinski definition) is 9. The van der Waals surface area contributed by atoms with Crippen molar-refractivity contribution < 1.29 is 50.1 Å². The lowest BCUT2D eigenvalue weighted by Crippen LogP contribution is -2.72. The molecule has 3 aliphatic carbocycles. The average molecular weight is 537 g/mol. The van der Waals surface area contributed by atoms with Crippen LogP contribution in [-0.4, -0.2) is 70.1 Å². The summed E-state index contributed by atoms with van der Waals surface area (Å²) in [6.45, 7) is 6.16. The van der Waals surface area contributed by atoms with Gasteiger partial charge in [0.1, 0.15) is 28.3 Å². The highest BCUT2D eigenvalue weighted by molar-refractivity contribution is 6.22. The Labute approximate surface area is 222 Å². The summed E-state index contributed by atoms with van der Waals surface area (Å²) < 4.78 is 0. The fraction of sp³-hybridized carbons (Fsp3) is 0.345. The van der Waals surface area contributed by atoms with E-state index in [4.69, 9.17) is 0 Å². The second-order valence-electron chi connectivity index (χ2n) is 11.6. The van der Waals surface area contributed by atoms with E-state index in [9.17, 15) is 50.1 Å². The third kappa shape index (κ3) is 3.48. The number of hydrogen-bond donors (Lipinski definition) is 7. The van der Waals surface area contributed by atoms with Crippen molar-refractivity contribution in [3.63, 3.8) is 0 Å². The van der Waals surface area contributed by atoms with Gasteiger partial charge < -0.3 is 35.7 Å². The molecule has 0 unspecified atom stereocenters. The predicted molar refractivity (Wildman–Crippen MR) is 137 cm³/mol. The molecule has 5 rings (SSSR count). The summed E-state index contributed by atoms with van der Waals surface area (Å²) in [5.74, 6) is -7.65. The molecule has 0 heterocycles. The van der Waals surface area contributed by atoms with Crippen molar-refractivity contribution in [2.75, 3.05) is 0 Å². The van der Waals surface area contributed by atoms with Crippen molar-refractivity contribution in [1.82, 2.24) is 0 Å². The summed E-state index contributed by atoms with van der Waals surface area (Å²) in [6.07, 6.45) is -2.39. The van der Waals surface area contributed by atoms with E-state index in [0.717, 1.165) is 5.56 Å². The van der Waals surface area contributed by atoms with Gasteiger partial charge in [-0.25, -0.2) is 4.79 Å². The Balaban J connectivity index is 1.74. The zero-order valence-electron chi connectivity index (χ0n) is 21.4. The molecular weight excluding hydrogens is 508 g/mol. The van der Waals surface area contributed by atoms with Crippen molar-refractivity contribution in [1.29, 1.82) is 0 Å². The van der Waals surface area contributed by atoms with E-state index < -0.39 is 82.0 Å². The molecule has 0 bridgehead atoms. The molecule has 7 N–H and O–H groups in total. The SMILES string of the molecule is CC(C)(C)c1ccc(-c2ccc(O)c3c2C[C@]2(O)C[C@]4(O)CC(=O)C(C(=O)O)=C(O)[C@]4(O)C(=O)C2=C3O)cc1. The lowest BCUT2D eigenvalue weighted by molar-refractivity contribution is -0.200. The van der Waals surface area contributed by atoms with Gasteiger partial charge in [-0.15, -0.1) is 0 Å². The fourth-order valence-electron chi connectivity index (χ4n) is 6.11. The van der Waals surface area contributed by atoms with Crippen LogP contribution >= 0.6 is 0 Å². The van der Waals surface area contributed by atoms with Gasteiger partial charge in [0, 0.05) is 19.3 Å². The van der Waals surface area contributed by atoms with E-state index in [1.54, 1.807) is 6.07 Å². The number of rotatable bonds is 2. The van der Waals surface area contributed by atoms with Gasteiger partial charge >= 0.3 is 5.97 Å². The molecule has 39 heavy (non-hydrogen) atoms. The monoisotopic (exact) mass is 536 g/mol. The second-order valence-corrected chi connectivity index (χ2v) is 11.6. The highest BCUT2D eigenvalue weighted by Gasteiger charge is 2.71. The van der Waals surface area contributed by atoms with Crippen LogP contribution in [0.5, 0.6) is 5.75 Å². The largest absolute Gasteiger partial charge is 0.508 e. The number of Topliss-reactive ketones (excluding diaryl/α,β-unsaturated/α-hetero) is 2. The molecule has 0 radical (unpaired) electrons. The van der Waals surface area contributed by atoms with Crippen LogP contribution in [0.2, 0.25) is 0 Å². The Bertz CT molecular complexity index is 1540. The number of phenolic OH excluding ortho intramolecular Hbond substituents is 1. The lowest BCUT2D eigenvalue weighted by Gasteiger charge is -2.54. The highest BCUT2D eigenvalue weighted by atomic mass is 16.4. The van der Waals surface area contributed by atoms with Gasteiger partial charge in [0.15, 0.2) is 11.5 Å². The van der Waals surface area contributed by atoms with E-state index in [2.05, 4.69) is 20.8 Å². The number of aliphatic hydroxyl groups is 5. The van der Waals surface area contributed by atoms with E-state index in [0.29, 0.717) is 11.1 Å². The standard InChI is InChI=1S/C29H28O10/c1-26(2,3)14-6-4-13(5-7-14)15-8-9-17(30)19-16(15)10-27(37)12-28(38)11-18(31)20(25(35)36)23(33)29(28,39)24(34)21(27)22(19)32/h4-9,30,32-33,37-39H,10-12H2,1-3H3,(H,35,36)/t27-,28+,29-/m0/s1. The van der Waals surface area contributed by atoms with E-state index in [1.165, 1.54) is 6.07 Å². The van der Waals surface area contributed by atoms with Gasteiger partial charge in [-0.2, -0.15) is 0 Å². The highest BCUT2D eigenvalue weighted by Crippen LogP contribution is 2.56. The van der Waals surface area contributed by atoms with Crippen LogP contribution in [0.4, 0.5) is 0 Å². The zero-order valence-corrected chi connectivity index (χ0v) is 21.4. The molecule has 10 nitrogen and oxygen atoms in total. The van der Waals surface area contributed by atoms with Crippen molar-refractivity contribution in [3.05, 3.63) is 70.0 Å². The summed E-state index contributed by atoms with van der Waals surface area (Å²) >= 11 is 0. The van der Waals surface area contributed by atoms with Crippen LogP contribution in [0.3, 0.4) is 0 Å². The lowest BCUT2D eigenvalue weighted by atomic mass is 9.55. The third-order valence-corrected chi connectivity index (χ3v) is 8.10. The molecule has 0 spiro atoms. The Morgan fingerprint density at radius 2 is 1.51 bits per heavy atom. The first-order valence-electron chi connectivity index (χ1n) is 12.3. The number of phenols is 1. The third-order valence-electron chi connectivity index (χ3n) is 8.10. The Morgan fingerprint density at radius 3 is 2.08 bits per heavy atom. The molecule has 1 saturated carbocycles. The van der Waals surface area contributed by atoms with Crippen LogP contribution in [0, 0.1) is 0 Å². The van der Waals surface area contributed by atoms with Gasteiger partial charge in [0.2, 0.25) is 11.4 Å². The summed E-state index contributed by atoms with van der Waals surface area (Å²) in [5, 5.41) is 76.3. The predicted octanol–water partition coefficient (Wildman–Crippen LogP) is 2.22. The number of ketones is 2. The van der Waals surface area contributed by atoms with Crippen molar-refractivity contribution in [2.45, 2.75) is 62.3 Å². The number of fused-ring (bicyclic) bond motifs is 3. The molecule has 10 heteroatoms. The minimum Gasteiger partial charge on any atom is -0.508 e. The molecule has 0 aliphatic heterocycles. The Hall–Kier alpha value is -3.99. The number of carboxylic acids is 1. The number of carboxylic acid groups (broad SMARTS) is 1. The molecule has 204 valence electrons.